The first-order chi connectivity index (χ1) is 16.4. The molecule has 4 heterocycles. The number of benzene rings is 2. The molecule has 0 unspecified atom stereocenters. The van der Waals surface area contributed by atoms with E-state index in [1.165, 1.54) is 0 Å². The Morgan fingerprint density at radius 3 is 2.62 bits per heavy atom. The second-order valence-corrected chi connectivity index (χ2v) is 8.96. The van der Waals surface area contributed by atoms with Crippen molar-refractivity contribution in [3.05, 3.63) is 87.1 Å². The van der Waals surface area contributed by atoms with Crippen LogP contribution in [0.2, 0.25) is 0 Å². The normalized spacial score (nSPS) is 16.1. The molecule has 0 fully saturated rings. The molecule has 0 radical (unpaired) electrons. The van der Waals surface area contributed by atoms with E-state index in [4.69, 9.17) is 4.99 Å². The Morgan fingerprint density at radius 2 is 1.79 bits per heavy atom. The summed E-state index contributed by atoms with van der Waals surface area (Å²) in [4.78, 5) is 24.7. The quantitative estimate of drug-likeness (QED) is 0.485. The van der Waals surface area contributed by atoms with Gasteiger partial charge in [0, 0.05) is 42.0 Å². The van der Waals surface area contributed by atoms with Gasteiger partial charge in [-0.3, -0.25) is 14.8 Å². The molecule has 168 valence electrons. The van der Waals surface area contributed by atoms with Gasteiger partial charge in [-0.25, -0.2) is 0 Å². The second-order valence-electron chi connectivity index (χ2n) is 8.96. The summed E-state index contributed by atoms with van der Waals surface area (Å²) in [5.41, 5.74) is 7.30. The fraction of sp³-hybridized carbons (Fsp3) is 0.179. The number of amides is 1. The highest BCUT2D eigenvalue weighted by molar-refractivity contribution is 6.15. The Bertz CT molecular complexity index is 1710. The first-order valence-electron chi connectivity index (χ1n) is 11.3. The van der Waals surface area contributed by atoms with E-state index >= 15 is 0 Å². The number of hydrogen-bond donors (Lipinski definition) is 1. The van der Waals surface area contributed by atoms with Crippen molar-refractivity contribution in [1.29, 1.82) is 0 Å². The maximum absolute atomic E-state index is 13.7. The summed E-state index contributed by atoms with van der Waals surface area (Å²) in [5.74, 6) is -0.0933. The minimum absolute atomic E-state index is 0.0584. The van der Waals surface area contributed by atoms with Crippen molar-refractivity contribution >= 4 is 28.6 Å². The van der Waals surface area contributed by atoms with Gasteiger partial charge in [-0.05, 0) is 31.0 Å². The van der Waals surface area contributed by atoms with Gasteiger partial charge in [-0.1, -0.05) is 42.5 Å². The summed E-state index contributed by atoms with van der Waals surface area (Å²) < 4.78 is 1.70. The number of pyridine rings is 1. The number of carbonyl (C=O) groups is 1. The van der Waals surface area contributed by atoms with E-state index in [9.17, 15) is 9.90 Å². The van der Waals surface area contributed by atoms with Crippen LogP contribution in [0, 0.1) is 13.8 Å². The van der Waals surface area contributed by atoms with Gasteiger partial charge in [0.2, 0.25) is 5.88 Å². The number of rotatable bonds is 1. The first kappa shape index (κ1) is 20.4. The van der Waals surface area contributed by atoms with Crippen LogP contribution in [0.5, 0.6) is 5.88 Å². The Morgan fingerprint density at radius 1 is 1.00 bits per heavy atom. The highest BCUT2D eigenvalue weighted by Crippen LogP contribution is 2.45. The molecular formula is C28H24N4O2. The average molecular weight is 449 g/mol. The third-order valence-electron chi connectivity index (χ3n) is 7.03. The Kier molecular flexibility index (Phi) is 4.30. The molecule has 0 spiro atoms. The van der Waals surface area contributed by atoms with Crippen LogP contribution < -0.4 is 10.6 Å². The van der Waals surface area contributed by atoms with Crippen molar-refractivity contribution < 1.29 is 9.90 Å². The number of aromatic nitrogens is 2. The highest BCUT2D eigenvalue weighted by atomic mass is 16.3. The van der Waals surface area contributed by atoms with E-state index in [0.717, 1.165) is 43.7 Å². The minimum atomic E-state index is -0.152. The predicted octanol–water partition coefficient (Wildman–Crippen LogP) is 3.45. The van der Waals surface area contributed by atoms with Gasteiger partial charge in [0.25, 0.3) is 5.91 Å². The maximum Gasteiger partial charge on any atom is 0.261 e. The second kappa shape index (κ2) is 7.15. The van der Waals surface area contributed by atoms with E-state index in [1.54, 1.807) is 29.8 Å². The van der Waals surface area contributed by atoms with Crippen molar-refractivity contribution in [3.8, 4) is 17.1 Å². The number of fused-ring (bicyclic) bond motifs is 3. The van der Waals surface area contributed by atoms with E-state index in [2.05, 4.69) is 18.0 Å². The smallest absolute Gasteiger partial charge is 0.261 e. The third-order valence-corrected chi connectivity index (χ3v) is 7.03. The summed E-state index contributed by atoms with van der Waals surface area (Å²) in [5, 5.41) is 14.1. The number of aryl methyl sites for hydroxylation is 2. The zero-order valence-corrected chi connectivity index (χ0v) is 19.5. The standard InChI is InChI=1S/C28H24N4O2/c1-15-9-11-19(23-17(15)7-5-13-29-23)25-21-22(28(34)31(25)3)26(32(4)27(21)33)20-12-10-16(2)18-8-6-14-30-24(18)20/h5-13,34H,14H2,1-4H3. The van der Waals surface area contributed by atoms with E-state index in [0.29, 0.717) is 29.1 Å². The molecule has 0 saturated carbocycles. The Labute approximate surface area is 196 Å². The van der Waals surface area contributed by atoms with E-state index in [1.807, 2.05) is 49.4 Å². The van der Waals surface area contributed by atoms with Crippen LogP contribution in [0.1, 0.15) is 32.6 Å². The maximum atomic E-state index is 13.7. The van der Waals surface area contributed by atoms with Gasteiger partial charge in [0.1, 0.15) is 0 Å². The molecule has 1 amide bonds. The lowest BCUT2D eigenvalue weighted by molar-refractivity contribution is 0.0874. The minimum Gasteiger partial charge on any atom is -0.494 e. The van der Waals surface area contributed by atoms with Crippen molar-refractivity contribution in [2.45, 2.75) is 13.8 Å². The molecule has 2 aliphatic rings. The van der Waals surface area contributed by atoms with E-state index < -0.39 is 0 Å². The van der Waals surface area contributed by atoms with Gasteiger partial charge in [0.15, 0.2) is 0 Å². The SMILES string of the molecule is Cc1ccc(=C2c3c(c(-c4ccc(C)c5cccnc45)n(C)c3O)C(=O)N2C)c2c1C=CCN=2. The molecule has 2 aromatic carbocycles. The monoisotopic (exact) mass is 448 g/mol. The molecule has 6 heteroatoms. The number of carbonyl (C=O) groups excluding carboxylic acids is 1. The molecular weight excluding hydrogens is 424 g/mol. The van der Waals surface area contributed by atoms with Gasteiger partial charge in [0.05, 0.1) is 39.9 Å². The third kappa shape index (κ3) is 2.59. The predicted molar refractivity (Wildman–Crippen MR) is 133 cm³/mol. The van der Waals surface area contributed by atoms with Crippen LogP contribution in [0.4, 0.5) is 0 Å². The van der Waals surface area contributed by atoms with Crippen LogP contribution in [0.3, 0.4) is 0 Å². The zero-order chi connectivity index (χ0) is 23.7. The van der Waals surface area contributed by atoms with Crippen LogP contribution in [-0.4, -0.2) is 39.1 Å². The number of hydrogen-bond acceptors (Lipinski definition) is 4. The topological polar surface area (TPSA) is 70.7 Å². The molecule has 6 rings (SSSR count). The van der Waals surface area contributed by atoms with E-state index in [-0.39, 0.29) is 11.8 Å². The molecule has 0 aliphatic carbocycles. The van der Waals surface area contributed by atoms with Crippen molar-refractivity contribution in [2.75, 3.05) is 13.6 Å². The molecule has 4 aromatic rings. The number of aromatic hydroxyl groups is 1. The highest BCUT2D eigenvalue weighted by Gasteiger charge is 2.40. The zero-order valence-electron chi connectivity index (χ0n) is 19.5. The average Bonchev–Trinajstić information content (AvgIpc) is 3.25. The van der Waals surface area contributed by atoms with Gasteiger partial charge in [-0.15, -0.1) is 0 Å². The fourth-order valence-corrected chi connectivity index (χ4v) is 5.27. The van der Waals surface area contributed by atoms with Crippen LogP contribution in [0.15, 0.2) is 53.7 Å². The summed E-state index contributed by atoms with van der Waals surface area (Å²) in [7, 11) is 3.55. The molecule has 0 bridgehead atoms. The van der Waals surface area contributed by atoms with Crippen LogP contribution in [-0.2, 0) is 7.05 Å². The van der Waals surface area contributed by atoms with Gasteiger partial charge >= 0.3 is 0 Å². The lowest BCUT2D eigenvalue weighted by Gasteiger charge is -2.16. The summed E-state index contributed by atoms with van der Waals surface area (Å²) in [6.07, 6.45) is 5.87. The lowest BCUT2D eigenvalue weighted by atomic mass is 9.98. The first-order valence-corrected chi connectivity index (χ1v) is 11.3. The largest absolute Gasteiger partial charge is 0.494 e. The summed E-state index contributed by atoms with van der Waals surface area (Å²) >= 11 is 0. The van der Waals surface area contributed by atoms with Crippen molar-refractivity contribution in [1.82, 2.24) is 14.5 Å². The van der Waals surface area contributed by atoms with Gasteiger partial charge in [-0.2, -0.15) is 0 Å². The molecule has 2 aliphatic heterocycles. The molecule has 6 nitrogen and oxygen atoms in total. The van der Waals surface area contributed by atoms with Crippen molar-refractivity contribution in [3.63, 3.8) is 0 Å². The molecule has 1 N–H and O–H groups in total. The lowest BCUT2D eigenvalue weighted by Crippen LogP contribution is -2.36. The molecule has 2 aromatic heterocycles. The molecule has 0 saturated heterocycles. The molecule has 34 heavy (non-hydrogen) atoms. The number of nitrogens with zero attached hydrogens (tertiary/aromatic N) is 4. The Hall–Kier alpha value is -4.19. The summed E-state index contributed by atoms with van der Waals surface area (Å²) in [6.45, 7) is 4.69. The fourth-order valence-electron chi connectivity index (χ4n) is 5.27. The van der Waals surface area contributed by atoms with Gasteiger partial charge < -0.3 is 14.6 Å². The van der Waals surface area contributed by atoms with Crippen molar-refractivity contribution in [2.24, 2.45) is 12.0 Å². The Balaban J connectivity index is 1.75. The van der Waals surface area contributed by atoms with Crippen LogP contribution in [0.25, 0.3) is 33.9 Å². The molecule has 0 atom stereocenters. The van der Waals surface area contributed by atoms with Crippen LogP contribution >= 0.6 is 0 Å². The summed E-state index contributed by atoms with van der Waals surface area (Å²) in [6, 6.07) is 12.0.